The molecule has 1 aliphatic heterocycles. The average molecular weight is 423 g/mol. The molecule has 29 heavy (non-hydrogen) atoms. The van der Waals surface area contributed by atoms with E-state index >= 15 is 0 Å². The Hall–Kier alpha value is -2.02. The summed E-state index contributed by atoms with van der Waals surface area (Å²) in [6.07, 6.45) is 4.45. The van der Waals surface area contributed by atoms with E-state index in [1.54, 1.807) is 11.3 Å². The Morgan fingerprint density at radius 1 is 1.17 bits per heavy atom. The fourth-order valence-corrected chi connectivity index (χ4v) is 6.54. The summed E-state index contributed by atoms with van der Waals surface area (Å²) in [5.41, 5.74) is 5.13. The number of fused-ring (bicyclic) bond motifs is 2. The summed E-state index contributed by atoms with van der Waals surface area (Å²) >= 11 is 3.54. The Morgan fingerprint density at radius 2 is 2.07 bits per heavy atom. The van der Waals surface area contributed by atoms with Crippen molar-refractivity contribution >= 4 is 54.5 Å². The monoisotopic (exact) mass is 422 g/mol. The van der Waals surface area contributed by atoms with Gasteiger partial charge in [-0.15, -0.1) is 22.7 Å². The van der Waals surface area contributed by atoms with Gasteiger partial charge in [-0.3, -0.25) is 4.90 Å². The molecular formula is C23H26N4S2. The third-order valence-corrected chi connectivity index (χ3v) is 8.11. The Kier molecular flexibility index (Phi) is 5.02. The van der Waals surface area contributed by atoms with Crippen LogP contribution < -0.4 is 5.32 Å². The zero-order valence-corrected chi connectivity index (χ0v) is 18.7. The van der Waals surface area contributed by atoms with Crippen molar-refractivity contribution in [1.29, 1.82) is 0 Å². The molecule has 0 bridgehead atoms. The molecule has 4 nitrogen and oxygen atoms in total. The second-order valence-corrected chi connectivity index (χ2v) is 10.2. The highest BCUT2D eigenvalue weighted by molar-refractivity contribution is 7.18. The van der Waals surface area contributed by atoms with Crippen LogP contribution in [0.1, 0.15) is 44.4 Å². The third kappa shape index (κ3) is 3.54. The first-order chi connectivity index (χ1) is 14.1. The van der Waals surface area contributed by atoms with Gasteiger partial charge in [-0.2, -0.15) is 0 Å². The molecule has 0 radical (unpaired) electrons. The van der Waals surface area contributed by atoms with Crippen LogP contribution in [-0.2, 0) is 0 Å². The predicted octanol–water partition coefficient (Wildman–Crippen LogP) is 6.63. The largest absolute Gasteiger partial charge is 0.355 e. The average Bonchev–Trinajstić information content (AvgIpc) is 3.34. The molecule has 6 heteroatoms. The molecule has 1 aromatic carbocycles. The van der Waals surface area contributed by atoms with Gasteiger partial charge in [-0.05, 0) is 70.5 Å². The number of benzene rings is 1. The van der Waals surface area contributed by atoms with Crippen LogP contribution in [0.15, 0.2) is 42.0 Å². The molecule has 3 aromatic heterocycles. The molecule has 2 atom stereocenters. The number of anilines is 2. The van der Waals surface area contributed by atoms with Crippen LogP contribution in [-0.4, -0.2) is 33.5 Å². The molecule has 0 spiro atoms. The maximum atomic E-state index is 4.67. The summed E-state index contributed by atoms with van der Waals surface area (Å²) < 4.78 is 1.22. The summed E-state index contributed by atoms with van der Waals surface area (Å²) in [5, 5.41) is 4.83. The lowest BCUT2D eigenvalue weighted by atomic mass is 9.88. The van der Waals surface area contributed by atoms with Gasteiger partial charge in [0.05, 0.1) is 21.4 Å². The highest BCUT2D eigenvalue weighted by Crippen LogP contribution is 2.41. The van der Waals surface area contributed by atoms with Gasteiger partial charge < -0.3 is 5.32 Å². The van der Waals surface area contributed by atoms with Gasteiger partial charge in [0.1, 0.15) is 4.83 Å². The lowest BCUT2D eigenvalue weighted by molar-refractivity contribution is 0.106. The van der Waals surface area contributed by atoms with Crippen molar-refractivity contribution in [2.24, 2.45) is 0 Å². The number of thiazole rings is 1. The highest BCUT2D eigenvalue weighted by Gasteiger charge is 2.31. The van der Waals surface area contributed by atoms with Crippen molar-refractivity contribution in [3.63, 3.8) is 0 Å². The molecular weight excluding hydrogens is 396 g/mol. The van der Waals surface area contributed by atoms with Crippen molar-refractivity contribution in [3.8, 4) is 0 Å². The molecule has 1 fully saturated rings. The van der Waals surface area contributed by atoms with E-state index in [1.165, 1.54) is 34.3 Å². The number of piperidine rings is 1. The minimum Gasteiger partial charge on any atom is -0.355 e. The summed E-state index contributed by atoms with van der Waals surface area (Å²) in [5.74, 6) is 0.588. The number of aromatic nitrogens is 2. The molecule has 0 unspecified atom stereocenters. The van der Waals surface area contributed by atoms with Crippen LogP contribution in [0, 0.1) is 0 Å². The number of rotatable bonds is 4. The second kappa shape index (κ2) is 7.67. The lowest BCUT2D eigenvalue weighted by Crippen LogP contribution is -2.45. The van der Waals surface area contributed by atoms with E-state index in [2.05, 4.69) is 71.3 Å². The Morgan fingerprint density at radius 3 is 2.93 bits per heavy atom. The number of thiophene rings is 1. The zero-order chi connectivity index (χ0) is 20.0. The van der Waals surface area contributed by atoms with E-state index in [-0.39, 0.29) is 0 Å². The van der Waals surface area contributed by atoms with E-state index in [4.69, 9.17) is 0 Å². The van der Waals surface area contributed by atoms with Crippen molar-refractivity contribution < 1.29 is 0 Å². The van der Waals surface area contributed by atoms with E-state index in [0.29, 0.717) is 18.0 Å². The van der Waals surface area contributed by atoms with Crippen molar-refractivity contribution in [2.75, 3.05) is 11.9 Å². The molecule has 150 valence electrons. The fourth-order valence-electron chi connectivity index (χ4n) is 4.62. The topological polar surface area (TPSA) is 41.0 Å². The van der Waals surface area contributed by atoms with Crippen LogP contribution >= 0.6 is 22.7 Å². The maximum absolute atomic E-state index is 4.67. The number of likely N-dealkylation sites (tertiary alicyclic amines) is 1. The molecule has 0 saturated carbocycles. The van der Waals surface area contributed by atoms with Crippen LogP contribution in [0.2, 0.25) is 0 Å². The Labute approximate surface area is 179 Å². The van der Waals surface area contributed by atoms with Gasteiger partial charge in [0, 0.05) is 40.1 Å². The van der Waals surface area contributed by atoms with Gasteiger partial charge in [0.2, 0.25) is 0 Å². The summed E-state index contributed by atoms with van der Waals surface area (Å²) in [4.78, 5) is 14.3. The lowest BCUT2D eigenvalue weighted by Gasteiger charge is -2.41. The van der Waals surface area contributed by atoms with Crippen molar-refractivity contribution in [2.45, 2.75) is 51.6 Å². The minimum atomic E-state index is 0.570. The van der Waals surface area contributed by atoms with Crippen LogP contribution in [0.4, 0.5) is 11.4 Å². The first-order valence-corrected chi connectivity index (χ1v) is 12.0. The van der Waals surface area contributed by atoms with Gasteiger partial charge in [0.25, 0.3) is 0 Å². The Balaban J connectivity index is 1.47. The number of hydrogen-bond acceptors (Lipinski definition) is 6. The molecule has 4 heterocycles. The Bertz CT molecular complexity index is 1150. The normalized spacial score (nSPS) is 20.7. The van der Waals surface area contributed by atoms with Crippen LogP contribution in [0.25, 0.3) is 20.4 Å². The SMILES string of the molecule is CC(C)N1CCC[C@@H](c2cc3c(Nc4ccc5scnc5c4)ccnc3s2)[C@H]1C. The van der Waals surface area contributed by atoms with Gasteiger partial charge in [-0.25, -0.2) is 9.97 Å². The van der Waals surface area contributed by atoms with Crippen LogP contribution in [0.5, 0.6) is 0 Å². The number of hydrogen-bond donors (Lipinski definition) is 1. The molecule has 1 N–H and O–H groups in total. The minimum absolute atomic E-state index is 0.570. The van der Waals surface area contributed by atoms with Crippen LogP contribution in [0.3, 0.4) is 0 Å². The first kappa shape index (κ1) is 19.0. The predicted molar refractivity (Wildman–Crippen MR) is 126 cm³/mol. The molecule has 0 amide bonds. The third-order valence-electron chi connectivity index (χ3n) is 6.13. The maximum Gasteiger partial charge on any atom is 0.125 e. The number of pyridine rings is 1. The zero-order valence-electron chi connectivity index (χ0n) is 17.1. The number of nitrogens with one attached hydrogen (secondary N) is 1. The fraction of sp³-hybridized carbons (Fsp3) is 0.391. The summed E-state index contributed by atoms with van der Waals surface area (Å²) in [6, 6.07) is 12.0. The molecule has 1 saturated heterocycles. The number of nitrogens with zero attached hydrogens (tertiary/aromatic N) is 3. The molecule has 4 aromatic rings. The van der Waals surface area contributed by atoms with E-state index in [1.807, 2.05) is 23.0 Å². The molecule has 1 aliphatic rings. The smallest absolute Gasteiger partial charge is 0.125 e. The quantitative estimate of drug-likeness (QED) is 0.401. The summed E-state index contributed by atoms with van der Waals surface area (Å²) in [7, 11) is 0. The van der Waals surface area contributed by atoms with E-state index in [9.17, 15) is 0 Å². The second-order valence-electron chi connectivity index (χ2n) is 8.21. The van der Waals surface area contributed by atoms with Gasteiger partial charge >= 0.3 is 0 Å². The highest BCUT2D eigenvalue weighted by atomic mass is 32.1. The summed E-state index contributed by atoms with van der Waals surface area (Å²) in [6.45, 7) is 8.23. The molecule has 0 aliphatic carbocycles. The van der Waals surface area contributed by atoms with Gasteiger partial charge in [0.15, 0.2) is 0 Å². The first-order valence-electron chi connectivity index (χ1n) is 10.3. The van der Waals surface area contributed by atoms with E-state index < -0.39 is 0 Å². The molecule has 5 rings (SSSR count). The van der Waals surface area contributed by atoms with Crippen molar-refractivity contribution in [3.05, 3.63) is 46.9 Å². The standard InChI is InChI=1S/C23H26N4S2/c1-14(2)27-10-4-5-17(15(27)3)22-12-18-19(8-9-24-23(18)29-22)26-16-6-7-21-20(11-16)25-13-28-21/h6-9,11-15,17H,4-5,10H2,1-3H3,(H,24,26)/t15-,17-/m1/s1. The van der Waals surface area contributed by atoms with Gasteiger partial charge in [-0.1, -0.05) is 0 Å². The van der Waals surface area contributed by atoms with Crippen molar-refractivity contribution in [1.82, 2.24) is 14.9 Å². The van der Waals surface area contributed by atoms with E-state index in [0.717, 1.165) is 21.7 Å².